The SMILES string of the molecule is CCC(CNC(=O)CN1CCc2ccccc21)(C(=O)O)c1ccccc1. The van der Waals surface area contributed by atoms with Crippen molar-refractivity contribution in [3.8, 4) is 0 Å². The quantitative estimate of drug-likeness (QED) is 0.804. The predicted octanol–water partition coefficient (Wildman–Crippen LogP) is 2.60. The van der Waals surface area contributed by atoms with Crippen LogP contribution in [-0.4, -0.2) is 36.6 Å². The summed E-state index contributed by atoms with van der Waals surface area (Å²) in [6, 6.07) is 17.2. The Labute approximate surface area is 153 Å². The summed E-state index contributed by atoms with van der Waals surface area (Å²) in [6.45, 7) is 2.97. The van der Waals surface area contributed by atoms with Crippen molar-refractivity contribution >= 4 is 17.6 Å². The fourth-order valence-electron chi connectivity index (χ4n) is 3.59. The van der Waals surface area contributed by atoms with Gasteiger partial charge in [-0.25, -0.2) is 0 Å². The van der Waals surface area contributed by atoms with E-state index in [-0.39, 0.29) is 19.0 Å². The highest BCUT2D eigenvalue weighted by Gasteiger charge is 2.39. The smallest absolute Gasteiger partial charge is 0.315 e. The Balaban J connectivity index is 1.68. The van der Waals surface area contributed by atoms with Gasteiger partial charge in [-0.1, -0.05) is 55.5 Å². The minimum absolute atomic E-state index is 0.0805. The molecule has 0 fully saturated rings. The molecule has 5 heteroatoms. The van der Waals surface area contributed by atoms with Crippen LogP contribution < -0.4 is 10.2 Å². The fraction of sp³-hybridized carbons (Fsp3) is 0.333. The average molecular weight is 352 g/mol. The van der Waals surface area contributed by atoms with Gasteiger partial charge >= 0.3 is 5.97 Å². The number of hydrogen-bond donors (Lipinski definition) is 2. The zero-order valence-corrected chi connectivity index (χ0v) is 14.9. The van der Waals surface area contributed by atoms with E-state index >= 15 is 0 Å². The van der Waals surface area contributed by atoms with Crippen LogP contribution in [0.3, 0.4) is 0 Å². The molecule has 0 aromatic heterocycles. The average Bonchev–Trinajstić information content (AvgIpc) is 3.06. The summed E-state index contributed by atoms with van der Waals surface area (Å²) in [6.07, 6.45) is 1.33. The molecule has 1 unspecified atom stereocenters. The first-order valence-electron chi connectivity index (χ1n) is 8.95. The molecule has 2 aromatic rings. The van der Waals surface area contributed by atoms with E-state index in [9.17, 15) is 14.7 Å². The first-order chi connectivity index (χ1) is 12.6. The number of anilines is 1. The lowest BCUT2D eigenvalue weighted by atomic mass is 9.78. The van der Waals surface area contributed by atoms with Crippen LogP contribution in [0.1, 0.15) is 24.5 Å². The third-order valence-corrected chi connectivity index (χ3v) is 5.24. The molecule has 26 heavy (non-hydrogen) atoms. The second kappa shape index (κ2) is 7.60. The number of nitrogens with one attached hydrogen (secondary N) is 1. The summed E-state index contributed by atoms with van der Waals surface area (Å²) in [5, 5.41) is 12.7. The second-order valence-corrected chi connectivity index (χ2v) is 6.68. The lowest BCUT2D eigenvalue weighted by Gasteiger charge is -2.29. The lowest BCUT2D eigenvalue weighted by molar-refractivity contribution is -0.144. The predicted molar refractivity (Wildman–Crippen MR) is 101 cm³/mol. The van der Waals surface area contributed by atoms with Gasteiger partial charge in [-0.15, -0.1) is 0 Å². The summed E-state index contributed by atoms with van der Waals surface area (Å²) in [5.74, 6) is -1.07. The van der Waals surface area contributed by atoms with E-state index in [1.165, 1.54) is 5.56 Å². The normalized spacial score (nSPS) is 15.2. The lowest BCUT2D eigenvalue weighted by Crippen LogP contribution is -2.48. The van der Waals surface area contributed by atoms with Crippen LogP contribution in [0.15, 0.2) is 54.6 Å². The fourth-order valence-corrected chi connectivity index (χ4v) is 3.59. The van der Waals surface area contributed by atoms with E-state index in [4.69, 9.17) is 0 Å². The van der Waals surface area contributed by atoms with Crippen LogP contribution >= 0.6 is 0 Å². The van der Waals surface area contributed by atoms with Crippen LogP contribution in [0, 0.1) is 0 Å². The van der Waals surface area contributed by atoms with Gasteiger partial charge in [0.05, 0.1) is 6.54 Å². The van der Waals surface area contributed by atoms with Gasteiger partial charge in [0, 0.05) is 18.8 Å². The number of carboxylic acids is 1. The molecule has 0 bridgehead atoms. The minimum atomic E-state index is -1.11. The molecular weight excluding hydrogens is 328 g/mol. The molecule has 1 aliphatic heterocycles. The second-order valence-electron chi connectivity index (χ2n) is 6.68. The summed E-state index contributed by atoms with van der Waals surface area (Å²) in [5.41, 5.74) is 1.94. The molecule has 0 saturated carbocycles. The highest BCUT2D eigenvalue weighted by atomic mass is 16.4. The van der Waals surface area contributed by atoms with Gasteiger partial charge in [0.25, 0.3) is 0 Å². The Morgan fingerprint density at radius 3 is 2.50 bits per heavy atom. The first kappa shape index (κ1) is 18.0. The third kappa shape index (κ3) is 3.43. The van der Waals surface area contributed by atoms with Crippen molar-refractivity contribution in [1.82, 2.24) is 5.32 Å². The van der Waals surface area contributed by atoms with Crippen molar-refractivity contribution in [1.29, 1.82) is 0 Å². The maximum Gasteiger partial charge on any atom is 0.315 e. The van der Waals surface area contributed by atoms with Crippen molar-refractivity contribution < 1.29 is 14.7 Å². The summed E-state index contributed by atoms with van der Waals surface area (Å²) >= 11 is 0. The Kier molecular flexibility index (Phi) is 5.26. The monoisotopic (exact) mass is 352 g/mol. The molecule has 1 heterocycles. The standard InChI is InChI=1S/C21H24N2O3/c1-2-21(20(25)26,17-9-4-3-5-10-17)15-22-19(24)14-23-13-12-16-8-6-7-11-18(16)23/h3-11H,2,12-15H2,1H3,(H,22,24)(H,25,26). The van der Waals surface area contributed by atoms with Crippen LogP contribution in [0.2, 0.25) is 0 Å². The van der Waals surface area contributed by atoms with Gasteiger partial charge < -0.3 is 15.3 Å². The van der Waals surface area contributed by atoms with E-state index in [0.717, 1.165) is 18.7 Å². The van der Waals surface area contributed by atoms with Gasteiger partial charge in [0.15, 0.2) is 0 Å². The summed E-state index contributed by atoms with van der Waals surface area (Å²) in [4.78, 5) is 26.5. The van der Waals surface area contributed by atoms with Gasteiger partial charge in [-0.3, -0.25) is 9.59 Å². The highest BCUT2D eigenvalue weighted by molar-refractivity contribution is 5.85. The molecule has 1 amide bonds. The number of para-hydroxylation sites is 1. The molecule has 2 N–H and O–H groups in total. The Hall–Kier alpha value is -2.82. The number of nitrogens with zero attached hydrogens (tertiary/aromatic N) is 1. The zero-order valence-electron chi connectivity index (χ0n) is 14.9. The zero-order chi connectivity index (χ0) is 18.6. The van der Waals surface area contributed by atoms with E-state index in [1.54, 1.807) is 12.1 Å². The van der Waals surface area contributed by atoms with E-state index < -0.39 is 11.4 Å². The first-order valence-corrected chi connectivity index (χ1v) is 8.95. The largest absolute Gasteiger partial charge is 0.481 e. The molecule has 0 aliphatic carbocycles. The number of carboxylic acid groups (broad SMARTS) is 1. The molecular formula is C21H24N2O3. The van der Waals surface area contributed by atoms with Crippen molar-refractivity contribution in [2.45, 2.75) is 25.2 Å². The number of carbonyl (C=O) groups is 2. The Morgan fingerprint density at radius 1 is 1.12 bits per heavy atom. The molecule has 1 atom stereocenters. The number of rotatable bonds is 7. The Morgan fingerprint density at radius 2 is 1.81 bits per heavy atom. The molecule has 2 aromatic carbocycles. The summed E-state index contributed by atoms with van der Waals surface area (Å²) < 4.78 is 0. The van der Waals surface area contributed by atoms with Gasteiger partial charge in [0.2, 0.25) is 5.91 Å². The highest BCUT2D eigenvalue weighted by Crippen LogP contribution is 2.29. The maximum absolute atomic E-state index is 12.5. The topological polar surface area (TPSA) is 69.6 Å². The Bertz CT molecular complexity index is 791. The van der Waals surface area contributed by atoms with Crippen LogP contribution in [0.4, 0.5) is 5.69 Å². The molecule has 0 saturated heterocycles. The number of amides is 1. The van der Waals surface area contributed by atoms with Crippen molar-refractivity contribution in [3.05, 3.63) is 65.7 Å². The molecule has 1 aliphatic rings. The molecule has 0 radical (unpaired) electrons. The number of carbonyl (C=O) groups excluding carboxylic acids is 1. The van der Waals surface area contributed by atoms with Crippen molar-refractivity contribution in [2.75, 3.05) is 24.5 Å². The van der Waals surface area contributed by atoms with Gasteiger partial charge in [-0.2, -0.15) is 0 Å². The van der Waals surface area contributed by atoms with Crippen molar-refractivity contribution in [2.24, 2.45) is 0 Å². The molecule has 5 nitrogen and oxygen atoms in total. The minimum Gasteiger partial charge on any atom is -0.481 e. The molecule has 0 spiro atoms. The maximum atomic E-state index is 12.5. The van der Waals surface area contributed by atoms with E-state index in [1.807, 2.05) is 48.2 Å². The van der Waals surface area contributed by atoms with Crippen LogP contribution in [0.5, 0.6) is 0 Å². The number of benzene rings is 2. The van der Waals surface area contributed by atoms with Gasteiger partial charge in [0.1, 0.15) is 5.41 Å². The van der Waals surface area contributed by atoms with Crippen LogP contribution in [0.25, 0.3) is 0 Å². The van der Waals surface area contributed by atoms with Crippen molar-refractivity contribution in [3.63, 3.8) is 0 Å². The third-order valence-electron chi connectivity index (χ3n) is 5.24. The molecule has 136 valence electrons. The summed E-state index contributed by atoms with van der Waals surface area (Å²) in [7, 11) is 0. The van der Waals surface area contributed by atoms with E-state index in [0.29, 0.717) is 12.0 Å². The van der Waals surface area contributed by atoms with Crippen LogP contribution in [-0.2, 0) is 21.4 Å². The number of hydrogen-bond acceptors (Lipinski definition) is 3. The number of fused-ring (bicyclic) bond motifs is 1. The number of aliphatic carboxylic acids is 1. The molecule has 3 rings (SSSR count). The van der Waals surface area contributed by atoms with E-state index in [2.05, 4.69) is 11.4 Å². The van der Waals surface area contributed by atoms with Gasteiger partial charge in [-0.05, 0) is 30.0 Å².